The van der Waals surface area contributed by atoms with Crippen LogP contribution in [0.15, 0.2) is 47.5 Å². The SMILES string of the molecule is N#Cc1ccc(NC(=O)N[C@H]2C[C@@H](CN=Cc3cc(Cl)ccc3O)C2)cc1. The smallest absolute Gasteiger partial charge is 0.319 e. The molecule has 0 saturated heterocycles. The topological polar surface area (TPSA) is 97.5 Å². The van der Waals surface area contributed by atoms with Gasteiger partial charge in [-0.3, -0.25) is 4.99 Å². The van der Waals surface area contributed by atoms with Crippen LogP contribution in [0.25, 0.3) is 0 Å². The number of aliphatic imine (C=N–C) groups is 1. The summed E-state index contributed by atoms with van der Waals surface area (Å²) in [5.41, 5.74) is 1.79. The molecule has 1 saturated carbocycles. The minimum atomic E-state index is -0.254. The molecule has 0 radical (unpaired) electrons. The molecule has 1 aliphatic rings. The summed E-state index contributed by atoms with van der Waals surface area (Å²) in [5.74, 6) is 0.554. The number of rotatable bonds is 5. The van der Waals surface area contributed by atoms with Crippen molar-refractivity contribution in [1.82, 2.24) is 5.32 Å². The predicted octanol–water partition coefficient (Wildman–Crippen LogP) is 3.94. The number of phenolic OH excluding ortho intramolecular Hbond substituents is 1. The van der Waals surface area contributed by atoms with Crippen molar-refractivity contribution in [2.24, 2.45) is 10.9 Å². The molecule has 0 heterocycles. The number of anilines is 1. The van der Waals surface area contributed by atoms with Crippen molar-refractivity contribution in [3.05, 3.63) is 58.6 Å². The average molecular weight is 383 g/mol. The normalized spacial score (nSPS) is 18.5. The largest absolute Gasteiger partial charge is 0.507 e. The molecule has 0 bridgehead atoms. The van der Waals surface area contributed by atoms with Gasteiger partial charge < -0.3 is 15.7 Å². The van der Waals surface area contributed by atoms with E-state index in [2.05, 4.69) is 15.6 Å². The molecule has 0 aromatic heterocycles. The summed E-state index contributed by atoms with van der Waals surface area (Å²) >= 11 is 5.90. The van der Waals surface area contributed by atoms with Gasteiger partial charge in [0.25, 0.3) is 0 Å². The number of benzene rings is 2. The summed E-state index contributed by atoms with van der Waals surface area (Å²) < 4.78 is 0. The van der Waals surface area contributed by atoms with Crippen molar-refractivity contribution >= 4 is 29.5 Å². The molecule has 1 aliphatic carbocycles. The van der Waals surface area contributed by atoms with E-state index in [1.54, 1.807) is 48.7 Å². The zero-order valence-corrected chi connectivity index (χ0v) is 15.3. The number of amides is 2. The standard InChI is InChI=1S/C20H19ClN4O2/c21-16-3-6-19(26)15(9-16)12-23-11-14-7-18(8-14)25-20(27)24-17-4-1-13(10-22)2-5-17/h1-6,9,12,14,18,26H,7-8,11H2,(H2,24,25,27)/t14-,18+. The lowest BCUT2D eigenvalue weighted by Gasteiger charge is -2.34. The van der Waals surface area contributed by atoms with Crippen molar-refractivity contribution in [1.29, 1.82) is 5.26 Å². The number of hydrogen-bond acceptors (Lipinski definition) is 4. The molecular formula is C20H19ClN4O2. The molecule has 3 N–H and O–H groups in total. The van der Waals surface area contributed by atoms with E-state index in [1.807, 2.05) is 6.07 Å². The van der Waals surface area contributed by atoms with Crippen molar-refractivity contribution in [2.75, 3.05) is 11.9 Å². The third-order valence-electron chi connectivity index (χ3n) is 4.43. The molecule has 2 amide bonds. The summed E-state index contributed by atoms with van der Waals surface area (Å²) in [5, 5.41) is 24.7. The van der Waals surface area contributed by atoms with Crippen LogP contribution in [0.3, 0.4) is 0 Å². The summed E-state index contributed by atoms with van der Waals surface area (Å²) in [6, 6.07) is 13.4. The van der Waals surface area contributed by atoms with Crippen LogP contribution in [0, 0.1) is 17.2 Å². The molecule has 0 spiro atoms. The van der Waals surface area contributed by atoms with Gasteiger partial charge in [0.2, 0.25) is 0 Å². The van der Waals surface area contributed by atoms with E-state index >= 15 is 0 Å². The molecule has 27 heavy (non-hydrogen) atoms. The third kappa shape index (κ3) is 5.22. The Morgan fingerprint density at radius 3 is 2.74 bits per heavy atom. The Balaban J connectivity index is 1.39. The number of halogens is 1. The number of phenols is 1. The molecule has 138 valence electrons. The van der Waals surface area contributed by atoms with Crippen LogP contribution in [0.4, 0.5) is 10.5 Å². The maximum atomic E-state index is 12.0. The number of urea groups is 1. The lowest BCUT2D eigenvalue weighted by molar-refractivity contribution is 0.214. The minimum absolute atomic E-state index is 0.128. The van der Waals surface area contributed by atoms with Gasteiger partial charge in [0.05, 0.1) is 11.6 Å². The quantitative estimate of drug-likeness (QED) is 0.683. The van der Waals surface area contributed by atoms with E-state index in [9.17, 15) is 9.90 Å². The Kier molecular flexibility index (Phi) is 5.94. The summed E-state index contributed by atoms with van der Waals surface area (Å²) in [6.45, 7) is 0.640. The highest BCUT2D eigenvalue weighted by Gasteiger charge is 2.29. The molecule has 3 rings (SSSR count). The molecule has 0 aliphatic heterocycles. The molecule has 0 atom stereocenters. The zero-order valence-electron chi connectivity index (χ0n) is 14.5. The van der Waals surface area contributed by atoms with Crippen LogP contribution in [-0.4, -0.2) is 29.9 Å². The number of carbonyl (C=O) groups is 1. The number of nitrogens with zero attached hydrogens (tertiary/aromatic N) is 2. The van der Waals surface area contributed by atoms with Crippen LogP contribution in [0.5, 0.6) is 5.75 Å². The van der Waals surface area contributed by atoms with Crippen molar-refractivity contribution in [3.63, 3.8) is 0 Å². The Morgan fingerprint density at radius 1 is 1.30 bits per heavy atom. The highest BCUT2D eigenvalue weighted by molar-refractivity contribution is 6.30. The van der Waals surface area contributed by atoms with Crippen LogP contribution in [0.2, 0.25) is 5.02 Å². The monoisotopic (exact) mass is 382 g/mol. The van der Waals surface area contributed by atoms with Gasteiger partial charge in [0.1, 0.15) is 5.75 Å². The fourth-order valence-corrected chi connectivity index (χ4v) is 3.09. The lowest BCUT2D eigenvalue weighted by Crippen LogP contribution is -2.46. The van der Waals surface area contributed by atoms with Gasteiger partial charge in [-0.05, 0) is 61.2 Å². The van der Waals surface area contributed by atoms with Gasteiger partial charge >= 0.3 is 6.03 Å². The van der Waals surface area contributed by atoms with Crippen LogP contribution < -0.4 is 10.6 Å². The van der Waals surface area contributed by atoms with Gasteiger partial charge in [-0.15, -0.1) is 0 Å². The van der Waals surface area contributed by atoms with Gasteiger partial charge in [-0.1, -0.05) is 11.6 Å². The fraction of sp³-hybridized carbons (Fsp3) is 0.250. The summed E-state index contributed by atoms with van der Waals surface area (Å²) in [6.07, 6.45) is 3.35. The number of nitriles is 1. The Bertz CT molecular complexity index is 884. The predicted molar refractivity (Wildman–Crippen MR) is 105 cm³/mol. The van der Waals surface area contributed by atoms with Crippen molar-refractivity contribution < 1.29 is 9.90 Å². The van der Waals surface area contributed by atoms with Gasteiger partial charge in [0.15, 0.2) is 0 Å². The lowest BCUT2D eigenvalue weighted by atomic mass is 9.80. The van der Waals surface area contributed by atoms with Crippen LogP contribution in [-0.2, 0) is 0 Å². The second-order valence-corrected chi connectivity index (χ2v) is 6.96. The Morgan fingerprint density at radius 2 is 2.04 bits per heavy atom. The van der Waals surface area contributed by atoms with Gasteiger partial charge in [0, 0.05) is 35.1 Å². The van der Waals surface area contributed by atoms with E-state index in [-0.39, 0.29) is 17.8 Å². The van der Waals surface area contributed by atoms with E-state index in [1.165, 1.54) is 0 Å². The summed E-state index contributed by atoms with van der Waals surface area (Å²) in [4.78, 5) is 16.4. The zero-order chi connectivity index (χ0) is 19.2. The first-order chi connectivity index (χ1) is 13.0. The number of nitrogens with one attached hydrogen (secondary N) is 2. The van der Waals surface area contributed by atoms with E-state index in [0.717, 1.165) is 12.8 Å². The molecule has 0 unspecified atom stereocenters. The molecule has 7 heteroatoms. The second-order valence-electron chi connectivity index (χ2n) is 6.52. The number of hydrogen-bond donors (Lipinski definition) is 3. The Hall–Kier alpha value is -3.04. The first kappa shape index (κ1) is 18.7. The molecule has 2 aromatic rings. The number of aromatic hydroxyl groups is 1. The van der Waals surface area contributed by atoms with E-state index in [0.29, 0.717) is 34.3 Å². The molecular weight excluding hydrogens is 364 g/mol. The van der Waals surface area contributed by atoms with Crippen molar-refractivity contribution in [3.8, 4) is 11.8 Å². The molecule has 6 nitrogen and oxygen atoms in total. The van der Waals surface area contributed by atoms with Crippen molar-refractivity contribution in [2.45, 2.75) is 18.9 Å². The molecule has 1 fully saturated rings. The van der Waals surface area contributed by atoms with Gasteiger partial charge in [-0.2, -0.15) is 5.26 Å². The van der Waals surface area contributed by atoms with Crippen LogP contribution >= 0.6 is 11.6 Å². The van der Waals surface area contributed by atoms with Gasteiger partial charge in [-0.25, -0.2) is 4.79 Å². The third-order valence-corrected chi connectivity index (χ3v) is 4.66. The first-order valence-corrected chi connectivity index (χ1v) is 8.97. The minimum Gasteiger partial charge on any atom is -0.507 e. The maximum Gasteiger partial charge on any atom is 0.319 e. The fourth-order valence-electron chi connectivity index (χ4n) is 2.91. The second kappa shape index (κ2) is 8.56. The first-order valence-electron chi connectivity index (χ1n) is 8.59. The van der Waals surface area contributed by atoms with E-state index in [4.69, 9.17) is 16.9 Å². The average Bonchev–Trinajstić information content (AvgIpc) is 2.63. The Labute approximate surface area is 162 Å². The highest BCUT2D eigenvalue weighted by atomic mass is 35.5. The summed E-state index contributed by atoms with van der Waals surface area (Å²) in [7, 11) is 0. The number of carbonyl (C=O) groups excluding carboxylic acids is 1. The highest BCUT2D eigenvalue weighted by Crippen LogP contribution is 2.28. The van der Waals surface area contributed by atoms with E-state index < -0.39 is 0 Å². The molecule has 2 aromatic carbocycles. The maximum absolute atomic E-state index is 12.0. The van der Waals surface area contributed by atoms with Crippen LogP contribution in [0.1, 0.15) is 24.0 Å².